The number of nitrogens with one attached hydrogen (secondary N) is 1. The van der Waals surface area contributed by atoms with E-state index in [1.54, 1.807) is 6.07 Å². The first-order chi connectivity index (χ1) is 9.72. The molecule has 0 atom stereocenters. The highest BCUT2D eigenvalue weighted by molar-refractivity contribution is 5.85. The second kappa shape index (κ2) is 6.65. The maximum atomic E-state index is 11.3. The van der Waals surface area contributed by atoms with Gasteiger partial charge in [0.05, 0.1) is 7.11 Å². The molecule has 5 heteroatoms. The lowest BCUT2D eigenvalue weighted by molar-refractivity contribution is 0.0587. The summed E-state index contributed by atoms with van der Waals surface area (Å²) in [6.07, 6.45) is 2.56. The van der Waals surface area contributed by atoms with Crippen molar-refractivity contribution in [3.8, 4) is 0 Å². The number of esters is 1. The molecule has 20 heavy (non-hydrogen) atoms. The first-order valence-corrected chi connectivity index (χ1v) is 6.46. The normalized spacial score (nSPS) is 10.1. The van der Waals surface area contributed by atoms with Crippen LogP contribution in [0.25, 0.3) is 0 Å². The van der Waals surface area contributed by atoms with Gasteiger partial charge in [-0.1, -0.05) is 31.2 Å². The molecule has 1 N–H and O–H groups in total. The summed E-state index contributed by atoms with van der Waals surface area (Å²) in [6.45, 7) is 2.77. The molecule has 0 spiro atoms. The average molecular weight is 271 g/mol. The molecular formula is C15H17N3O2. The van der Waals surface area contributed by atoms with Gasteiger partial charge in [-0.15, -0.1) is 0 Å². The van der Waals surface area contributed by atoms with E-state index < -0.39 is 5.97 Å². The minimum absolute atomic E-state index is 0.0545. The van der Waals surface area contributed by atoms with E-state index in [0.29, 0.717) is 12.4 Å². The van der Waals surface area contributed by atoms with Crippen molar-refractivity contribution in [3.63, 3.8) is 0 Å². The van der Waals surface area contributed by atoms with E-state index in [0.717, 1.165) is 12.0 Å². The summed E-state index contributed by atoms with van der Waals surface area (Å²) in [5, 5.41) is 3.16. The van der Waals surface area contributed by atoms with Crippen LogP contribution in [0.5, 0.6) is 0 Å². The molecule has 0 radical (unpaired) electrons. The molecule has 1 aromatic carbocycles. The van der Waals surface area contributed by atoms with Crippen LogP contribution in [-0.2, 0) is 17.7 Å². The van der Waals surface area contributed by atoms with Gasteiger partial charge >= 0.3 is 5.97 Å². The molecule has 1 aromatic heterocycles. The molecule has 0 aliphatic heterocycles. The monoisotopic (exact) mass is 271 g/mol. The minimum atomic E-state index is -0.541. The van der Waals surface area contributed by atoms with Crippen molar-refractivity contribution in [1.82, 2.24) is 9.97 Å². The Morgan fingerprint density at radius 3 is 2.55 bits per heavy atom. The SMILES string of the molecule is CCc1ccc(CNc2ccnc(C(=O)OC)n2)cc1. The van der Waals surface area contributed by atoms with Crippen LogP contribution in [0, 0.1) is 0 Å². The number of ether oxygens (including phenoxy) is 1. The molecule has 0 bridgehead atoms. The number of nitrogens with zero attached hydrogens (tertiary/aromatic N) is 2. The highest BCUT2D eigenvalue weighted by Gasteiger charge is 2.09. The van der Waals surface area contributed by atoms with E-state index >= 15 is 0 Å². The van der Waals surface area contributed by atoms with Gasteiger partial charge < -0.3 is 10.1 Å². The number of carbonyl (C=O) groups excluding carboxylic acids is 1. The van der Waals surface area contributed by atoms with E-state index in [-0.39, 0.29) is 5.82 Å². The number of methoxy groups -OCH3 is 1. The molecule has 104 valence electrons. The van der Waals surface area contributed by atoms with Gasteiger partial charge in [0.1, 0.15) is 5.82 Å². The van der Waals surface area contributed by atoms with Gasteiger partial charge in [-0.05, 0) is 23.6 Å². The third-order valence-electron chi connectivity index (χ3n) is 2.93. The number of rotatable bonds is 5. The molecule has 0 fully saturated rings. The summed E-state index contributed by atoms with van der Waals surface area (Å²) in [5.74, 6) is 0.111. The van der Waals surface area contributed by atoms with Crippen LogP contribution in [0.3, 0.4) is 0 Å². The Kier molecular flexibility index (Phi) is 4.65. The molecule has 2 aromatic rings. The number of hydrogen-bond donors (Lipinski definition) is 1. The van der Waals surface area contributed by atoms with E-state index in [4.69, 9.17) is 0 Å². The van der Waals surface area contributed by atoms with Crippen LogP contribution in [0.1, 0.15) is 28.7 Å². The van der Waals surface area contributed by atoms with Gasteiger partial charge in [0.2, 0.25) is 5.82 Å². The minimum Gasteiger partial charge on any atom is -0.463 e. The van der Waals surface area contributed by atoms with Gasteiger partial charge in [0.25, 0.3) is 0 Å². The Morgan fingerprint density at radius 1 is 1.20 bits per heavy atom. The van der Waals surface area contributed by atoms with Gasteiger partial charge in [-0.25, -0.2) is 14.8 Å². The molecule has 0 saturated carbocycles. The van der Waals surface area contributed by atoms with Gasteiger partial charge in [-0.3, -0.25) is 0 Å². The topological polar surface area (TPSA) is 64.1 Å². The molecule has 1 heterocycles. The van der Waals surface area contributed by atoms with Crippen LogP contribution in [0.2, 0.25) is 0 Å². The predicted molar refractivity (Wildman–Crippen MR) is 76.5 cm³/mol. The Morgan fingerprint density at radius 2 is 1.90 bits per heavy atom. The number of aryl methyl sites for hydroxylation is 1. The predicted octanol–water partition coefficient (Wildman–Crippen LogP) is 2.44. The van der Waals surface area contributed by atoms with Crippen molar-refractivity contribution in [2.45, 2.75) is 19.9 Å². The quantitative estimate of drug-likeness (QED) is 0.846. The number of hydrogen-bond acceptors (Lipinski definition) is 5. The number of anilines is 1. The third-order valence-corrected chi connectivity index (χ3v) is 2.93. The van der Waals surface area contributed by atoms with Crippen molar-refractivity contribution in [2.75, 3.05) is 12.4 Å². The zero-order valence-electron chi connectivity index (χ0n) is 11.6. The van der Waals surface area contributed by atoms with Gasteiger partial charge in [0.15, 0.2) is 0 Å². The maximum absolute atomic E-state index is 11.3. The lowest BCUT2D eigenvalue weighted by Gasteiger charge is -2.07. The van der Waals surface area contributed by atoms with Crippen LogP contribution in [-0.4, -0.2) is 23.0 Å². The van der Waals surface area contributed by atoms with Crippen LogP contribution < -0.4 is 5.32 Å². The van der Waals surface area contributed by atoms with Crippen LogP contribution in [0.15, 0.2) is 36.5 Å². The molecule has 0 aliphatic carbocycles. The zero-order valence-corrected chi connectivity index (χ0v) is 11.6. The largest absolute Gasteiger partial charge is 0.463 e. The summed E-state index contributed by atoms with van der Waals surface area (Å²) in [7, 11) is 1.31. The molecule has 0 aliphatic rings. The Hall–Kier alpha value is -2.43. The first kappa shape index (κ1) is 14.0. The van der Waals surface area contributed by atoms with Crippen molar-refractivity contribution < 1.29 is 9.53 Å². The molecule has 0 unspecified atom stereocenters. The molecular weight excluding hydrogens is 254 g/mol. The standard InChI is InChI=1S/C15H17N3O2/c1-3-11-4-6-12(7-5-11)10-17-13-8-9-16-14(18-13)15(19)20-2/h4-9H,3,10H2,1-2H3,(H,16,17,18). The summed E-state index contributed by atoms with van der Waals surface area (Å²) < 4.78 is 4.59. The summed E-state index contributed by atoms with van der Waals surface area (Å²) >= 11 is 0. The van der Waals surface area contributed by atoms with Crippen LogP contribution >= 0.6 is 0 Å². The zero-order chi connectivity index (χ0) is 14.4. The van der Waals surface area contributed by atoms with E-state index in [2.05, 4.69) is 51.2 Å². The van der Waals surface area contributed by atoms with Crippen molar-refractivity contribution in [1.29, 1.82) is 0 Å². The van der Waals surface area contributed by atoms with Crippen LogP contribution in [0.4, 0.5) is 5.82 Å². The first-order valence-electron chi connectivity index (χ1n) is 6.46. The van der Waals surface area contributed by atoms with E-state index in [9.17, 15) is 4.79 Å². The second-order valence-corrected chi connectivity index (χ2v) is 4.28. The third kappa shape index (κ3) is 3.54. The van der Waals surface area contributed by atoms with E-state index in [1.807, 2.05) is 0 Å². The fraction of sp³-hybridized carbons (Fsp3) is 0.267. The number of benzene rings is 1. The van der Waals surface area contributed by atoms with Crippen molar-refractivity contribution >= 4 is 11.8 Å². The maximum Gasteiger partial charge on any atom is 0.376 e. The molecule has 0 saturated heterocycles. The number of aromatic nitrogens is 2. The van der Waals surface area contributed by atoms with Gasteiger partial charge in [0, 0.05) is 12.7 Å². The summed E-state index contributed by atoms with van der Waals surface area (Å²) in [4.78, 5) is 19.3. The Labute approximate surface area is 118 Å². The number of carbonyl (C=O) groups is 1. The average Bonchev–Trinajstić information content (AvgIpc) is 2.53. The lowest BCUT2D eigenvalue weighted by atomic mass is 10.1. The Bertz CT molecular complexity index is 582. The van der Waals surface area contributed by atoms with Gasteiger partial charge in [-0.2, -0.15) is 0 Å². The fourth-order valence-corrected chi connectivity index (χ4v) is 1.73. The second-order valence-electron chi connectivity index (χ2n) is 4.28. The highest BCUT2D eigenvalue weighted by Crippen LogP contribution is 2.08. The summed E-state index contributed by atoms with van der Waals surface area (Å²) in [6, 6.07) is 10.1. The smallest absolute Gasteiger partial charge is 0.376 e. The van der Waals surface area contributed by atoms with E-state index in [1.165, 1.54) is 18.9 Å². The summed E-state index contributed by atoms with van der Waals surface area (Å²) in [5.41, 5.74) is 2.46. The van der Waals surface area contributed by atoms with Crippen molar-refractivity contribution in [2.24, 2.45) is 0 Å². The fourth-order valence-electron chi connectivity index (χ4n) is 1.73. The molecule has 2 rings (SSSR count). The molecule has 5 nitrogen and oxygen atoms in total. The molecule has 0 amide bonds. The van der Waals surface area contributed by atoms with Crippen molar-refractivity contribution in [3.05, 3.63) is 53.5 Å². The highest BCUT2D eigenvalue weighted by atomic mass is 16.5. The Balaban J connectivity index is 2.01. The lowest BCUT2D eigenvalue weighted by Crippen LogP contribution is -2.09.